The highest BCUT2D eigenvalue weighted by molar-refractivity contribution is 6.04. The number of carboxylic acid groups (broad SMARTS) is 1. The van der Waals surface area contributed by atoms with Crippen molar-refractivity contribution >= 4 is 11.9 Å². The van der Waals surface area contributed by atoms with E-state index in [2.05, 4.69) is 0 Å². The second-order valence-corrected chi connectivity index (χ2v) is 3.30. The minimum atomic E-state index is -1.21. The minimum absolute atomic E-state index is 0.0463. The van der Waals surface area contributed by atoms with Crippen LogP contribution < -0.4 is 0 Å². The predicted octanol–water partition coefficient (Wildman–Crippen LogP) is -0.112. The maximum absolute atomic E-state index is 11.3. The normalized spacial score (nSPS) is 22.8. The molecule has 0 unspecified atom stereocenters. The molecule has 0 atom stereocenters. The van der Waals surface area contributed by atoms with Crippen LogP contribution in [0, 0.1) is 0 Å². The van der Waals surface area contributed by atoms with Crippen LogP contribution in [0.3, 0.4) is 0 Å². The van der Waals surface area contributed by atoms with Crippen molar-refractivity contribution in [3.63, 3.8) is 0 Å². The highest BCUT2D eigenvalue weighted by atomic mass is 16.4. The summed E-state index contributed by atoms with van der Waals surface area (Å²) in [6.07, 6.45) is 1.82. The van der Waals surface area contributed by atoms with Crippen LogP contribution in [0.4, 0.5) is 0 Å². The molecular weight excluding hydrogens is 174 g/mol. The van der Waals surface area contributed by atoms with Crippen LogP contribution >= 0.6 is 0 Å². The van der Waals surface area contributed by atoms with Crippen LogP contribution in [0.2, 0.25) is 0 Å². The summed E-state index contributed by atoms with van der Waals surface area (Å²) >= 11 is 0. The van der Waals surface area contributed by atoms with Crippen LogP contribution in [-0.4, -0.2) is 39.6 Å². The topological polar surface area (TPSA) is 77.8 Å². The van der Waals surface area contributed by atoms with Crippen molar-refractivity contribution in [2.45, 2.75) is 18.9 Å². The van der Waals surface area contributed by atoms with Gasteiger partial charge in [0.15, 0.2) is 5.76 Å². The molecule has 0 spiro atoms. The lowest BCUT2D eigenvalue weighted by atomic mass is 10.3. The lowest BCUT2D eigenvalue weighted by molar-refractivity contribution is -0.133. The summed E-state index contributed by atoms with van der Waals surface area (Å²) in [5, 5.41) is 17.8. The molecule has 2 aliphatic rings. The van der Waals surface area contributed by atoms with E-state index in [0.29, 0.717) is 0 Å². The van der Waals surface area contributed by atoms with Gasteiger partial charge in [0.2, 0.25) is 0 Å². The first-order valence-corrected chi connectivity index (χ1v) is 4.07. The van der Waals surface area contributed by atoms with Crippen molar-refractivity contribution in [2.24, 2.45) is 0 Å². The van der Waals surface area contributed by atoms with Crippen LogP contribution in [0.25, 0.3) is 0 Å². The van der Waals surface area contributed by atoms with Gasteiger partial charge >= 0.3 is 5.97 Å². The van der Waals surface area contributed by atoms with Gasteiger partial charge < -0.3 is 15.1 Å². The zero-order valence-corrected chi connectivity index (χ0v) is 6.86. The molecule has 0 bridgehead atoms. The summed E-state index contributed by atoms with van der Waals surface area (Å²) in [5.74, 6) is -2.35. The summed E-state index contributed by atoms with van der Waals surface area (Å²) in [6, 6.07) is 0.145. The number of aliphatic carboxylic acids is 1. The van der Waals surface area contributed by atoms with Crippen molar-refractivity contribution in [3.05, 3.63) is 11.3 Å². The van der Waals surface area contributed by atoms with Gasteiger partial charge in [0.25, 0.3) is 5.91 Å². The van der Waals surface area contributed by atoms with E-state index in [1.165, 1.54) is 4.90 Å². The van der Waals surface area contributed by atoms with Gasteiger partial charge in [-0.15, -0.1) is 0 Å². The number of carboxylic acids is 1. The third-order valence-electron chi connectivity index (χ3n) is 2.32. The minimum Gasteiger partial charge on any atom is -0.503 e. The van der Waals surface area contributed by atoms with Crippen molar-refractivity contribution in [1.82, 2.24) is 4.90 Å². The zero-order chi connectivity index (χ0) is 9.59. The number of aliphatic hydroxyl groups excluding tert-OH is 1. The lowest BCUT2D eigenvalue weighted by Crippen LogP contribution is -2.29. The molecule has 0 aromatic carbocycles. The fourth-order valence-corrected chi connectivity index (χ4v) is 1.43. The van der Waals surface area contributed by atoms with Crippen LogP contribution in [0.5, 0.6) is 0 Å². The number of hydrogen-bond acceptors (Lipinski definition) is 3. The molecule has 1 aliphatic heterocycles. The van der Waals surface area contributed by atoms with Crippen LogP contribution in [0.1, 0.15) is 12.8 Å². The Morgan fingerprint density at radius 3 is 2.46 bits per heavy atom. The lowest BCUT2D eigenvalue weighted by Gasteiger charge is -2.13. The number of amides is 1. The van der Waals surface area contributed by atoms with E-state index in [-0.39, 0.29) is 18.2 Å². The number of carbonyl (C=O) groups is 2. The van der Waals surface area contributed by atoms with Crippen molar-refractivity contribution in [3.8, 4) is 0 Å². The predicted molar refractivity (Wildman–Crippen MR) is 42.0 cm³/mol. The van der Waals surface area contributed by atoms with Gasteiger partial charge in [0, 0.05) is 6.04 Å². The summed E-state index contributed by atoms with van der Waals surface area (Å²) < 4.78 is 0. The summed E-state index contributed by atoms with van der Waals surface area (Å²) in [6.45, 7) is 0.0463. The van der Waals surface area contributed by atoms with E-state index < -0.39 is 17.6 Å². The Kier molecular flexibility index (Phi) is 1.55. The van der Waals surface area contributed by atoms with E-state index >= 15 is 0 Å². The quantitative estimate of drug-likeness (QED) is 0.626. The third kappa shape index (κ3) is 1.16. The molecular formula is C8H9NO4. The molecule has 1 saturated carbocycles. The molecule has 1 amide bonds. The maximum atomic E-state index is 11.3. The fraction of sp³-hybridized carbons (Fsp3) is 0.500. The summed E-state index contributed by atoms with van der Waals surface area (Å²) in [5.41, 5.74) is -0.183. The Morgan fingerprint density at radius 1 is 1.46 bits per heavy atom. The molecule has 0 radical (unpaired) electrons. The molecule has 1 fully saturated rings. The van der Waals surface area contributed by atoms with Gasteiger partial charge in [-0.25, -0.2) is 4.79 Å². The number of carbonyl (C=O) groups excluding carboxylic acids is 1. The first-order valence-electron chi connectivity index (χ1n) is 4.07. The summed E-state index contributed by atoms with van der Waals surface area (Å²) in [4.78, 5) is 23.2. The van der Waals surface area contributed by atoms with Gasteiger partial charge in [-0.2, -0.15) is 0 Å². The summed E-state index contributed by atoms with van der Waals surface area (Å²) in [7, 11) is 0. The number of hydrogen-bond donors (Lipinski definition) is 2. The van der Waals surface area contributed by atoms with E-state index in [1.807, 2.05) is 0 Å². The molecule has 0 aromatic rings. The molecule has 0 saturated heterocycles. The Balaban J connectivity index is 2.21. The largest absolute Gasteiger partial charge is 0.503 e. The SMILES string of the molecule is O=C(O)C1=C(O)C(=O)N(C2CC2)C1. The molecule has 1 aliphatic carbocycles. The monoisotopic (exact) mass is 183 g/mol. The van der Waals surface area contributed by atoms with Gasteiger partial charge in [-0.05, 0) is 12.8 Å². The average Bonchev–Trinajstić information content (AvgIpc) is 2.83. The van der Waals surface area contributed by atoms with Gasteiger partial charge in [-0.1, -0.05) is 0 Å². The average molecular weight is 183 g/mol. The molecule has 13 heavy (non-hydrogen) atoms. The highest BCUT2D eigenvalue weighted by Crippen LogP contribution is 2.32. The molecule has 0 aromatic heterocycles. The maximum Gasteiger partial charge on any atom is 0.337 e. The molecule has 2 rings (SSSR count). The van der Waals surface area contributed by atoms with Crippen molar-refractivity contribution in [1.29, 1.82) is 0 Å². The van der Waals surface area contributed by atoms with E-state index in [0.717, 1.165) is 12.8 Å². The molecule has 1 heterocycles. The van der Waals surface area contributed by atoms with Gasteiger partial charge in [0.1, 0.15) is 5.57 Å². The number of aliphatic hydroxyl groups is 1. The number of rotatable bonds is 2. The molecule has 2 N–H and O–H groups in total. The third-order valence-corrected chi connectivity index (χ3v) is 2.32. The smallest absolute Gasteiger partial charge is 0.337 e. The van der Waals surface area contributed by atoms with E-state index in [1.54, 1.807) is 0 Å². The molecule has 5 heteroatoms. The highest BCUT2D eigenvalue weighted by Gasteiger charge is 2.41. The van der Waals surface area contributed by atoms with Crippen molar-refractivity contribution < 1.29 is 19.8 Å². The van der Waals surface area contributed by atoms with E-state index in [9.17, 15) is 14.7 Å². The van der Waals surface area contributed by atoms with Crippen LogP contribution in [-0.2, 0) is 9.59 Å². The van der Waals surface area contributed by atoms with Crippen LogP contribution in [0.15, 0.2) is 11.3 Å². The Bertz CT molecular complexity index is 316. The Hall–Kier alpha value is -1.52. The van der Waals surface area contributed by atoms with Gasteiger partial charge in [0.05, 0.1) is 6.54 Å². The van der Waals surface area contributed by atoms with E-state index in [4.69, 9.17) is 5.11 Å². The Labute approximate surface area is 74.3 Å². The first-order chi connectivity index (χ1) is 6.11. The standard InChI is InChI=1S/C8H9NO4/c10-6-5(8(12)13)3-9(7(6)11)4-1-2-4/h4,10H,1-3H2,(H,12,13). The fourth-order valence-electron chi connectivity index (χ4n) is 1.43. The second kappa shape index (κ2) is 2.48. The zero-order valence-electron chi connectivity index (χ0n) is 6.86. The molecule has 70 valence electrons. The second-order valence-electron chi connectivity index (χ2n) is 3.30. The number of nitrogens with zero attached hydrogens (tertiary/aromatic N) is 1. The van der Waals surface area contributed by atoms with Gasteiger partial charge in [-0.3, -0.25) is 4.79 Å². The molecule has 5 nitrogen and oxygen atoms in total. The van der Waals surface area contributed by atoms with Crippen molar-refractivity contribution in [2.75, 3.05) is 6.54 Å². The Morgan fingerprint density at radius 2 is 2.08 bits per heavy atom. The first kappa shape index (κ1) is 8.10.